The molecule has 0 spiro atoms. The van der Waals surface area contributed by atoms with E-state index in [0.717, 1.165) is 13.1 Å². The molecule has 1 atom stereocenters. The number of likely N-dealkylation sites (tertiary alicyclic amines) is 1. The van der Waals surface area contributed by atoms with E-state index in [4.69, 9.17) is 0 Å². The molecule has 1 saturated heterocycles. The summed E-state index contributed by atoms with van der Waals surface area (Å²) in [5.41, 5.74) is 0. The Morgan fingerprint density at radius 3 is 2.10 bits per heavy atom. The van der Waals surface area contributed by atoms with Gasteiger partial charge in [-0.15, -0.1) is 0 Å². The zero-order valence-electron chi connectivity index (χ0n) is 12.8. The van der Waals surface area contributed by atoms with Crippen LogP contribution in [0.3, 0.4) is 0 Å². The number of esters is 2. The Bertz CT molecular complexity index is 302. The number of carbonyl (C=O) groups is 2. The summed E-state index contributed by atoms with van der Waals surface area (Å²) < 4.78 is 9.34. The van der Waals surface area contributed by atoms with Gasteiger partial charge < -0.3 is 19.3 Å². The second-order valence-electron chi connectivity index (χ2n) is 5.23. The third-order valence-electron chi connectivity index (χ3n) is 3.86. The van der Waals surface area contributed by atoms with Crippen molar-refractivity contribution in [1.82, 2.24) is 9.80 Å². The highest BCUT2D eigenvalue weighted by Gasteiger charge is 2.23. The highest BCUT2D eigenvalue weighted by atomic mass is 16.5. The molecule has 0 N–H and O–H groups in total. The monoisotopic (exact) mass is 286 g/mol. The Balaban J connectivity index is 2.44. The molecule has 1 rings (SSSR count). The molecule has 0 radical (unpaired) electrons. The highest BCUT2D eigenvalue weighted by molar-refractivity contribution is 5.70. The third kappa shape index (κ3) is 5.88. The van der Waals surface area contributed by atoms with Gasteiger partial charge in [-0.25, -0.2) is 0 Å². The minimum absolute atomic E-state index is 0.215. The predicted octanol–water partition coefficient (Wildman–Crippen LogP) is 0.509. The molecule has 0 saturated carbocycles. The van der Waals surface area contributed by atoms with Gasteiger partial charge in [0.05, 0.1) is 27.1 Å². The number of carbonyl (C=O) groups excluding carboxylic acids is 2. The van der Waals surface area contributed by atoms with E-state index in [1.165, 1.54) is 27.1 Å². The Kier molecular flexibility index (Phi) is 7.54. The van der Waals surface area contributed by atoms with Gasteiger partial charge in [0.15, 0.2) is 0 Å². The van der Waals surface area contributed by atoms with Crippen LogP contribution in [0.25, 0.3) is 0 Å². The van der Waals surface area contributed by atoms with Gasteiger partial charge in [0.2, 0.25) is 0 Å². The second-order valence-corrected chi connectivity index (χ2v) is 5.23. The van der Waals surface area contributed by atoms with E-state index in [2.05, 4.69) is 26.3 Å². The first-order valence-electron chi connectivity index (χ1n) is 7.13. The third-order valence-corrected chi connectivity index (χ3v) is 3.86. The van der Waals surface area contributed by atoms with Crippen molar-refractivity contribution in [2.45, 2.75) is 31.7 Å². The summed E-state index contributed by atoms with van der Waals surface area (Å²) in [5, 5.41) is 0. The lowest BCUT2D eigenvalue weighted by Gasteiger charge is -2.28. The Hall–Kier alpha value is -1.14. The largest absolute Gasteiger partial charge is 0.469 e. The number of hydrogen-bond donors (Lipinski definition) is 0. The smallest absolute Gasteiger partial charge is 0.306 e. The predicted molar refractivity (Wildman–Crippen MR) is 75.4 cm³/mol. The van der Waals surface area contributed by atoms with E-state index in [1.54, 1.807) is 0 Å². The lowest BCUT2D eigenvalue weighted by molar-refractivity contribution is -0.141. The van der Waals surface area contributed by atoms with Crippen LogP contribution in [0, 0.1) is 0 Å². The topological polar surface area (TPSA) is 59.1 Å². The fourth-order valence-corrected chi connectivity index (χ4v) is 2.51. The van der Waals surface area contributed by atoms with Crippen molar-refractivity contribution in [3.05, 3.63) is 0 Å². The van der Waals surface area contributed by atoms with Crippen LogP contribution in [0.1, 0.15) is 25.7 Å². The molecule has 0 amide bonds. The van der Waals surface area contributed by atoms with Crippen molar-refractivity contribution >= 4 is 11.9 Å². The van der Waals surface area contributed by atoms with Gasteiger partial charge in [0.1, 0.15) is 0 Å². The summed E-state index contributed by atoms with van der Waals surface area (Å²) in [4.78, 5) is 27.0. The maximum absolute atomic E-state index is 11.3. The first-order chi connectivity index (χ1) is 9.56. The zero-order valence-corrected chi connectivity index (χ0v) is 12.8. The summed E-state index contributed by atoms with van der Waals surface area (Å²) in [7, 11) is 4.91. The average molecular weight is 286 g/mol. The number of rotatable bonds is 8. The van der Waals surface area contributed by atoms with Gasteiger partial charge in [-0.1, -0.05) is 0 Å². The molecule has 1 aliphatic rings. The van der Waals surface area contributed by atoms with Crippen molar-refractivity contribution in [2.24, 2.45) is 0 Å². The molecule has 1 aliphatic heterocycles. The fourth-order valence-electron chi connectivity index (χ4n) is 2.51. The molecule has 0 aromatic rings. The van der Waals surface area contributed by atoms with E-state index in [0.29, 0.717) is 32.0 Å². The molecular formula is C14H26N2O4. The Labute approximate surface area is 121 Å². The van der Waals surface area contributed by atoms with Crippen molar-refractivity contribution in [1.29, 1.82) is 0 Å². The number of likely N-dealkylation sites (N-methyl/N-ethyl adjacent to an activating group) is 1. The van der Waals surface area contributed by atoms with Gasteiger partial charge in [0, 0.05) is 25.7 Å². The quantitative estimate of drug-likeness (QED) is 0.606. The lowest BCUT2D eigenvalue weighted by atomic mass is 10.2. The molecule has 0 bridgehead atoms. The maximum atomic E-state index is 11.3. The summed E-state index contributed by atoms with van der Waals surface area (Å²) in [5.74, 6) is -0.430. The van der Waals surface area contributed by atoms with Crippen molar-refractivity contribution in [2.75, 3.05) is 47.4 Å². The Morgan fingerprint density at radius 2 is 1.70 bits per heavy atom. The van der Waals surface area contributed by atoms with Gasteiger partial charge in [0.25, 0.3) is 0 Å². The lowest BCUT2D eigenvalue weighted by Crippen LogP contribution is -2.40. The van der Waals surface area contributed by atoms with Crippen molar-refractivity contribution in [3.63, 3.8) is 0 Å². The van der Waals surface area contributed by atoms with Gasteiger partial charge in [-0.2, -0.15) is 0 Å². The fraction of sp³-hybridized carbons (Fsp3) is 0.857. The first kappa shape index (κ1) is 16.9. The van der Waals surface area contributed by atoms with Crippen LogP contribution in [-0.4, -0.2) is 75.2 Å². The van der Waals surface area contributed by atoms with Crippen LogP contribution >= 0.6 is 0 Å². The molecular weight excluding hydrogens is 260 g/mol. The van der Waals surface area contributed by atoms with E-state index in [1.807, 2.05) is 0 Å². The highest BCUT2D eigenvalue weighted by Crippen LogP contribution is 2.16. The van der Waals surface area contributed by atoms with Gasteiger partial charge in [-0.05, 0) is 26.4 Å². The Morgan fingerprint density at radius 1 is 1.15 bits per heavy atom. The van der Waals surface area contributed by atoms with Crippen LogP contribution in [0.2, 0.25) is 0 Å². The number of hydrogen-bond acceptors (Lipinski definition) is 6. The van der Waals surface area contributed by atoms with E-state index in [9.17, 15) is 9.59 Å². The SMILES string of the molecule is COC(=O)CCN(CCC(=O)OC)CC1CCCN1C. The van der Waals surface area contributed by atoms with Gasteiger partial charge in [-0.3, -0.25) is 9.59 Å². The minimum Gasteiger partial charge on any atom is -0.469 e. The second kappa shape index (κ2) is 8.92. The molecule has 0 aromatic carbocycles. The zero-order chi connectivity index (χ0) is 15.0. The van der Waals surface area contributed by atoms with Gasteiger partial charge >= 0.3 is 11.9 Å². The van der Waals surface area contributed by atoms with E-state index >= 15 is 0 Å². The summed E-state index contributed by atoms with van der Waals surface area (Å²) in [6.07, 6.45) is 3.09. The number of nitrogens with zero attached hydrogens (tertiary/aromatic N) is 2. The molecule has 1 fully saturated rings. The average Bonchev–Trinajstić information content (AvgIpc) is 2.86. The molecule has 0 aromatic heterocycles. The van der Waals surface area contributed by atoms with Crippen LogP contribution < -0.4 is 0 Å². The molecule has 116 valence electrons. The van der Waals surface area contributed by atoms with Crippen LogP contribution in [0.5, 0.6) is 0 Å². The van der Waals surface area contributed by atoms with E-state index in [-0.39, 0.29) is 11.9 Å². The molecule has 0 aliphatic carbocycles. The first-order valence-corrected chi connectivity index (χ1v) is 7.13. The maximum Gasteiger partial charge on any atom is 0.306 e. The summed E-state index contributed by atoms with van der Waals surface area (Å²) in [6.45, 7) is 3.24. The summed E-state index contributed by atoms with van der Waals surface area (Å²) >= 11 is 0. The normalized spacial score (nSPS) is 19.3. The molecule has 6 nitrogen and oxygen atoms in total. The molecule has 1 heterocycles. The molecule has 6 heteroatoms. The number of methoxy groups -OCH3 is 2. The molecule has 1 unspecified atom stereocenters. The van der Waals surface area contributed by atoms with Crippen LogP contribution in [0.15, 0.2) is 0 Å². The van der Waals surface area contributed by atoms with Crippen LogP contribution in [0.4, 0.5) is 0 Å². The minimum atomic E-state index is -0.215. The van der Waals surface area contributed by atoms with Crippen molar-refractivity contribution < 1.29 is 19.1 Å². The number of ether oxygens (including phenoxy) is 2. The van der Waals surface area contributed by atoms with Crippen LogP contribution in [-0.2, 0) is 19.1 Å². The molecule has 20 heavy (non-hydrogen) atoms. The standard InChI is InChI=1S/C14H26N2O4/c1-15-8-4-5-12(15)11-16(9-6-13(17)19-2)10-7-14(18)20-3/h12H,4-11H2,1-3H3. The van der Waals surface area contributed by atoms with E-state index < -0.39 is 0 Å². The van der Waals surface area contributed by atoms with Crippen molar-refractivity contribution in [3.8, 4) is 0 Å². The summed E-state index contributed by atoms with van der Waals surface area (Å²) in [6, 6.07) is 0.505.